The first-order chi connectivity index (χ1) is 18.3. The summed E-state index contributed by atoms with van der Waals surface area (Å²) in [6.45, 7) is 1.88. The SMILES string of the molecule is Cc1ncc2scnc2c1C1CC(OC(=O)NCc2ccc3c(c2F)C(=O)N(C2CCC(=O)NC2=O)C3)C1. The summed E-state index contributed by atoms with van der Waals surface area (Å²) in [6, 6.07) is 2.31. The van der Waals surface area contributed by atoms with Gasteiger partial charge in [-0.1, -0.05) is 12.1 Å². The molecule has 2 fully saturated rings. The van der Waals surface area contributed by atoms with Crippen molar-refractivity contribution >= 4 is 45.4 Å². The van der Waals surface area contributed by atoms with Gasteiger partial charge in [-0.05, 0) is 37.7 Å². The van der Waals surface area contributed by atoms with Crippen molar-refractivity contribution in [3.05, 3.63) is 57.6 Å². The number of carbonyl (C=O) groups is 4. The van der Waals surface area contributed by atoms with Gasteiger partial charge < -0.3 is 15.0 Å². The van der Waals surface area contributed by atoms with Crippen LogP contribution in [0.15, 0.2) is 23.8 Å². The Morgan fingerprint density at radius 1 is 1.26 bits per heavy atom. The van der Waals surface area contributed by atoms with Crippen LogP contribution in [0.3, 0.4) is 0 Å². The molecule has 196 valence electrons. The lowest BCUT2D eigenvalue weighted by molar-refractivity contribution is -0.136. The van der Waals surface area contributed by atoms with Crippen LogP contribution < -0.4 is 10.6 Å². The van der Waals surface area contributed by atoms with Crippen molar-refractivity contribution < 1.29 is 28.3 Å². The van der Waals surface area contributed by atoms with Gasteiger partial charge in [-0.15, -0.1) is 11.3 Å². The Hall–Kier alpha value is -3.93. The van der Waals surface area contributed by atoms with Crippen LogP contribution in [0.2, 0.25) is 0 Å². The van der Waals surface area contributed by atoms with Crippen LogP contribution in [0.4, 0.5) is 9.18 Å². The number of hydrogen-bond acceptors (Lipinski definition) is 8. The first-order valence-electron chi connectivity index (χ1n) is 12.4. The number of imide groups is 1. The minimum absolute atomic E-state index is 0.0829. The second-order valence-electron chi connectivity index (χ2n) is 9.84. The van der Waals surface area contributed by atoms with Gasteiger partial charge in [0.25, 0.3) is 5.91 Å². The molecule has 4 amide bonds. The Labute approximate surface area is 220 Å². The molecule has 2 aromatic heterocycles. The molecule has 0 spiro atoms. The van der Waals surface area contributed by atoms with Crippen LogP contribution in [0, 0.1) is 12.7 Å². The summed E-state index contributed by atoms with van der Waals surface area (Å²) < 4.78 is 21.8. The molecule has 1 atom stereocenters. The van der Waals surface area contributed by atoms with Gasteiger partial charge >= 0.3 is 6.09 Å². The van der Waals surface area contributed by atoms with Crippen molar-refractivity contribution in [3.8, 4) is 0 Å². The molecule has 2 aliphatic heterocycles. The molecule has 1 aliphatic carbocycles. The van der Waals surface area contributed by atoms with Crippen LogP contribution in [0.1, 0.15) is 64.3 Å². The van der Waals surface area contributed by atoms with E-state index in [1.165, 1.54) is 11.0 Å². The summed E-state index contributed by atoms with van der Waals surface area (Å²) in [5.41, 5.74) is 5.27. The molecular weight excluding hydrogens is 513 g/mol. The third-order valence-electron chi connectivity index (χ3n) is 7.53. The number of alkyl carbamates (subject to hydrolysis) is 1. The Kier molecular flexibility index (Phi) is 6.05. The zero-order chi connectivity index (χ0) is 26.6. The number of thiazole rings is 1. The van der Waals surface area contributed by atoms with Gasteiger partial charge in [-0.25, -0.2) is 14.2 Å². The largest absolute Gasteiger partial charge is 0.446 e. The van der Waals surface area contributed by atoms with E-state index in [-0.39, 0.29) is 55.0 Å². The number of nitrogens with one attached hydrogen (secondary N) is 2. The summed E-state index contributed by atoms with van der Waals surface area (Å²) in [4.78, 5) is 59.2. The predicted molar refractivity (Wildman–Crippen MR) is 134 cm³/mol. The predicted octanol–water partition coefficient (Wildman–Crippen LogP) is 3.07. The Morgan fingerprint density at radius 3 is 2.87 bits per heavy atom. The molecule has 3 aromatic rings. The number of ether oxygens (including phenoxy) is 1. The van der Waals surface area contributed by atoms with E-state index in [1.54, 1.807) is 22.9 Å². The zero-order valence-electron chi connectivity index (χ0n) is 20.5. The smallest absolute Gasteiger partial charge is 0.407 e. The molecule has 2 N–H and O–H groups in total. The van der Waals surface area contributed by atoms with Gasteiger partial charge in [0.2, 0.25) is 11.8 Å². The highest BCUT2D eigenvalue weighted by atomic mass is 32.1. The molecular formula is C26H24FN5O5S. The van der Waals surface area contributed by atoms with E-state index in [0.717, 1.165) is 21.5 Å². The fourth-order valence-electron chi connectivity index (χ4n) is 5.48. The van der Waals surface area contributed by atoms with E-state index >= 15 is 4.39 Å². The van der Waals surface area contributed by atoms with E-state index < -0.39 is 29.8 Å². The normalized spacial score (nSPS) is 22.7. The van der Waals surface area contributed by atoms with Crippen LogP contribution in [0.25, 0.3) is 10.2 Å². The molecule has 0 radical (unpaired) electrons. The minimum atomic E-state index is -0.822. The number of aromatic nitrogens is 2. The molecule has 0 bridgehead atoms. The number of hydrogen-bond donors (Lipinski definition) is 2. The van der Waals surface area contributed by atoms with Gasteiger partial charge in [0, 0.05) is 42.5 Å². The fourth-order valence-corrected chi connectivity index (χ4v) is 6.14. The molecule has 1 saturated carbocycles. The van der Waals surface area contributed by atoms with Crippen LogP contribution in [-0.2, 0) is 27.4 Å². The maximum absolute atomic E-state index is 15.3. The standard InChI is InChI=1S/C26H24FN5O5S/c1-12-20(23-18(9-28-12)38-11-30-23)15-6-16(7-15)37-26(36)29-8-13-2-3-14-10-32(25(35)21(14)22(13)27)17-4-5-19(33)31-24(17)34/h2-3,9,11,15-17H,4-8,10H2,1H3,(H,29,36)(H,31,33,34). The first-order valence-corrected chi connectivity index (χ1v) is 13.3. The highest BCUT2D eigenvalue weighted by Gasteiger charge is 2.41. The van der Waals surface area contributed by atoms with E-state index in [9.17, 15) is 19.2 Å². The summed E-state index contributed by atoms with van der Waals surface area (Å²) in [5.74, 6) is -2.07. The maximum Gasteiger partial charge on any atom is 0.407 e. The number of nitrogens with zero attached hydrogens (tertiary/aromatic N) is 3. The minimum Gasteiger partial charge on any atom is -0.446 e. The lowest BCUT2D eigenvalue weighted by atomic mass is 9.76. The maximum atomic E-state index is 15.3. The summed E-state index contributed by atoms with van der Waals surface area (Å²) in [6.07, 6.45) is 2.53. The number of rotatable bonds is 5. The zero-order valence-corrected chi connectivity index (χ0v) is 21.3. The Balaban J connectivity index is 1.05. The highest BCUT2D eigenvalue weighted by Crippen LogP contribution is 2.42. The van der Waals surface area contributed by atoms with Crippen LogP contribution >= 0.6 is 11.3 Å². The molecule has 1 unspecified atom stereocenters. The number of carbonyl (C=O) groups excluding carboxylic acids is 4. The summed E-state index contributed by atoms with van der Waals surface area (Å²) in [5, 5.41) is 4.80. The van der Waals surface area contributed by atoms with Crippen molar-refractivity contribution in [2.45, 2.75) is 63.8 Å². The van der Waals surface area contributed by atoms with Gasteiger partial charge in [0.15, 0.2) is 0 Å². The number of piperidine rings is 1. The fraction of sp³-hybridized carbons (Fsp3) is 0.385. The van der Waals surface area contributed by atoms with Crippen LogP contribution in [-0.4, -0.2) is 50.8 Å². The lowest BCUT2D eigenvalue weighted by Crippen LogP contribution is -2.52. The number of halogens is 1. The molecule has 1 saturated heterocycles. The quantitative estimate of drug-likeness (QED) is 0.479. The molecule has 1 aromatic carbocycles. The van der Waals surface area contributed by atoms with Gasteiger partial charge in [0.05, 0.1) is 21.3 Å². The molecule has 6 rings (SSSR count). The third kappa shape index (κ3) is 4.18. The second kappa shape index (κ2) is 9.43. The third-order valence-corrected chi connectivity index (χ3v) is 8.29. The average molecular weight is 538 g/mol. The highest BCUT2D eigenvalue weighted by molar-refractivity contribution is 7.16. The van der Waals surface area contributed by atoms with Crippen molar-refractivity contribution in [1.82, 2.24) is 25.5 Å². The Morgan fingerprint density at radius 2 is 2.08 bits per heavy atom. The number of fused-ring (bicyclic) bond motifs is 2. The molecule has 38 heavy (non-hydrogen) atoms. The Bertz CT molecular complexity index is 1500. The van der Waals surface area contributed by atoms with Crippen molar-refractivity contribution in [1.29, 1.82) is 0 Å². The van der Waals surface area contributed by atoms with Gasteiger partial charge in [-0.3, -0.25) is 24.7 Å². The van der Waals surface area contributed by atoms with Crippen molar-refractivity contribution in [2.75, 3.05) is 0 Å². The monoisotopic (exact) mass is 537 g/mol. The summed E-state index contributed by atoms with van der Waals surface area (Å²) in [7, 11) is 0. The topological polar surface area (TPSA) is 131 Å². The average Bonchev–Trinajstić information content (AvgIpc) is 3.46. The number of aryl methyl sites for hydroxylation is 1. The van der Waals surface area contributed by atoms with E-state index in [1.807, 2.05) is 13.1 Å². The number of benzene rings is 1. The van der Waals surface area contributed by atoms with Crippen LogP contribution in [0.5, 0.6) is 0 Å². The number of pyridine rings is 1. The van der Waals surface area contributed by atoms with E-state index in [2.05, 4.69) is 20.6 Å². The molecule has 12 heteroatoms. The lowest BCUT2D eigenvalue weighted by Gasteiger charge is -2.35. The van der Waals surface area contributed by atoms with Gasteiger partial charge in [-0.2, -0.15) is 0 Å². The van der Waals surface area contributed by atoms with E-state index in [0.29, 0.717) is 18.4 Å². The first kappa shape index (κ1) is 24.4. The van der Waals surface area contributed by atoms with Crippen molar-refractivity contribution in [2.24, 2.45) is 0 Å². The van der Waals surface area contributed by atoms with Gasteiger partial charge in [0.1, 0.15) is 18.0 Å². The molecule has 3 aliphatic rings. The number of amides is 4. The van der Waals surface area contributed by atoms with Crippen molar-refractivity contribution in [3.63, 3.8) is 0 Å². The summed E-state index contributed by atoms with van der Waals surface area (Å²) >= 11 is 1.54. The molecule has 10 nitrogen and oxygen atoms in total. The van der Waals surface area contributed by atoms with E-state index in [4.69, 9.17) is 4.74 Å². The second-order valence-corrected chi connectivity index (χ2v) is 10.7. The molecule has 4 heterocycles.